The lowest BCUT2D eigenvalue weighted by Crippen LogP contribution is -2.26. The van der Waals surface area contributed by atoms with Gasteiger partial charge in [0.25, 0.3) is 5.56 Å². The van der Waals surface area contributed by atoms with Crippen LogP contribution in [0.1, 0.15) is 11.1 Å². The van der Waals surface area contributed by atoms with Gasteiger partial charge in [-0.1, -0.05) is 36.0 Å². The Labute approximate surface area is 162 Å². The van der Waals surface area contributed by atoms with Gasteiger partial charge in [0.15, 0.2) is 5.16 Å². The molecule has 0 unspecified atom stereocenters. The molecular formula is C19H21N3O3S2. The van der Waals surface area contributed by atoms with Gasteiger partial charge in [0, 0.05) is 12.3 Å². The Bertz CT molecular complexity index is 1150. The van der Waals surface area contributed by atoms with Crippen molar-refractivity contribution in [1.82, 2.24) is 14.3 Å². The van der Waals surface area contributed by atoms with E-state index in [1.165, 1.54) is 11.8 Å². The monoisotopic (exact) mass is 403 g/mol. The van der Waals surface area contributed by atoms with E-state index in [9.17, 15) is 13.2 Å². The topological polar surface area (TPSA) is 81.1 Å². The zero-order chi connectivity index (χ0) is 19.6. The van der Waals surface area contributed by atoms with Gasteiger partial charge < -0.3 is 0 Å². The number of para-hydroxylation sites is 1. The van der Waals surface area contributed by atoms with E-state index in [1.807, 2.05) is 50.2 Å². The van der Waals surface area contributed by atoms with Crippen molar-refractivity contribution in [3.05, 3.63) is 63.9 Å². The lowest BCUT2D eigenvalue weighted by molar-refractivity contribution is 0.590. The first-order chi connectivity index (χ1) is 12.8. The Balaban J connectivity index is 2.10. The molecule has 0 spiro atoms. The highest BCUT2D eigenvalue weighted by Crippen LogP contribution is 2.24. The predicted molar refractivity (Wildman–Crippen MR) is 110 cm³/mol. The molecule has 0 atom stereocenters. The number of hydrogen-bond donors (Lipinski definition) is 1. The minimum atomic E-state index is -3.25. The van der Waals surface area contributed by atoms with Crippen LogP contribution in [0.2, 0.25) is 0 Å². The van der Waals surface area contributed by atoms with E-state index < -0.39 is 10.0 Å². The Morgan fingerprint density at radius 1 is 1.11 bits per heavy atom. The molecule has 27 heavy (non-hydrogen) atoms. The maximum absolute atomic E-state index is 13.2. The fourth-order valence-corrected chi connectivity index (χ4v) is 4.23. The Morgan fingerprint density at radius 2 is 1.85 bits per heavy atom. The van der Waals surface area contributed by atoms with Crippen LogP contribution in [-0.4, -0.2) is 36.5 Å². The average Bonchev–Trinajstić information content (AvgIpc) is 2.61. The van der Waals surface area contributed by atoms with Crippen LogP contribution in [0.5, 0.6) is 0 Å². The summed E-state index contributed by atoms with van der Waals surface area (Å²) in [5, 5.41) is 1.10. The van der Waals surface area contributed by atoms with Crippen molar-refractivity contribution >= 4 is 32.7 Å². The van der Waals surface area contributed by atoms with Crippen molar-refractivity contribution in [3.63, 3.8) is 0 Å². The van der Waals surface area contributed by atoms with E-state index >= 15 is 0 Å². The third kappa shape index (κ3) is 4.40. The van der Waals surface area contributed by atoms with Gasteiger partial charge in [0.05, 0.1) is 22.8 Å². The van der Waals surface area contributed by atoms with Crippen LogP contribution in [0, 0.1) is 13.8 Å². The number of benzene rings is 2. The van der Waals surface area contributed by atoms with Crippen molar-refractivity contribution < 1.29 is 8.42 Å². The summed E-state index contributed by atoms with van der Waals surface area (Å²) in [6, 6.07) is 13.1. The molecule has 0 bridgehead atoms. The van der Waals surface area contributed by atoms with Gasteiger partial charge in [-0.15, -0.1) is 0 Å². The molecule has 0 radical (unpaired) electrons. The van der Waals surface area contributed by atoms with Gasteiger partial charge in [-0.05, 0) is 43.2 Å². The number of rotatable bonds is 6. The summed E-state index contributed by atoms with van der Waals surface area (Å²) in [7, 11) is -3.25. The number of aromatic nitrogens is 2. The van der Waals surface area contributed by atoms with Crippen LogP contribution < -0.4 is 10.3 Å². The molecule has 3 rings (SSSR count). The number of hydrogen-bond acceptors (Lipinski definition) is 5. The molecular weight excluding hydrogens is 382 g/mol. The largest absolute Gasteiger partial charge is 0.268 e. The molecule has 3 aromatic rings. The van der Waals surface area contributed by atoms with E-state index in [0.717, 1.165) is 23.1 Å². The van der Waals surface area contributed by atoms with Crippen LogP contribution >= 0.6 is 11.8 Å². The highest BCUT2D eigenvalue weighted by molar-refractivity contribution is 7.99. The molecule has 0 saturated heterocycles. The van der Waals surface area contributed by atoms with Crippen LogP contribution in [0.3, 0.4) is 0 Å². The number of nitrogens with zero attached hydrogens (tertiary/aromatic N) is 2. The Kier molecular flexibility index (Phi) is 5.69. The van der Waals surface area contributed by atoms with Crippen molar-refractivity contribution in [2.24, 2.45) is 0 Å². The number of aryl methyl sites for hydroxylation is 1. The fraction of sp³-hybridized carbons (Fsp3) is 0.263. The summed E-state index contributed by atoms with van der Waals surface area (Å²) in [6.07, 6.45) is 1.12. The van der Waals surface area contributed by atoms with E-state index in [4.69, 9.17) is 0 Å². The molecule has 1 N–H and O–H groups in total. The lowest BCUT2D eigenvalue weighted by Gasteiger charge is -2.16. The van der Waals surface area contributed by atoms with Crippen molar-refractivity contribution in [2.45, 2.75) is 19.0 Å². The SMILES string of the molecule is Cc1cccc(-n2c(SCCNS(C)(=O)=O)nc3ccccc3c2=O)c1C. The second-order valence-electron chi connectivity index (χ2n) is 6.29. The first kappa shape index (κ1) is 19.6. The van der Waals surface area contributed by atoms with Gasteiger partial charge in [0.2, 0.25) is 10.0 Å². The average molecular weight is 404 g/mol. The minimum absolute atomic E-state index is 0.132. The fourth-order valence-electron chi connectivity index (χ4n) is 2.77. The van der Waals surface area contributed by atoms with Crippen molar-refractivity contribution in [1.29, 1.82) is 0 Å². The molecule has 0 amide bonds. The second-order valence-corrected chi connectivity index (χ2v) is 9.18. The van der Waals surface area contributed by atoms with Gasteiger partial charge in [0.1, 0.15) is 0 Å². The maximum Gasteiger partial charge on any atom is 0.266 e. The third-order valence-corrected chi connectivity index (χ3v) is 5.93. The van der Waals surface area contributed by atoms with Gasteiger partial charge in [-0.3, -0.25) is 9.36 Å². The number of thioether (sulfide) groups is 1. The van der Waals surface area contributed by atoms with Crippen molar-refractivity contribution in [2.75, 3.05) is 18.6 Å². The minimum Gasteiger partial charge on any atom is -0.268 e. The highest BCUT2D eigenvalue weighted by Gasteiger charge is 2.15. The molecule has 1 aromatic heterocycles. The number of sulfonamides is 1. The summed E-state index contributed by atoms with van der Waals surface area (Å²) in [6.45, 7) is 4.24. The molecule has 0 aliphatic heterocycles. The van der Waals surface area contributed by atoms with Crippen LogP contribution in [0.15, 0.2) is 52.4 Å². The van der Waals surface area contributed by atoms with E-state index in [2.05, 4.69) is 9.71 Å². The molecule has 8 heteroatoms. The predicted octanol–water partition coefficient (Wildman–Crippen LogP) is 2.64. The Morgan fingerprint density at radius 3 is 2.59 bits per heavy atom. The molecule has 0 fully saturated rings. The molecule has 0 aliphatic carbocycles. The summed E-state index contributed by atoms with van der Waals surface area (Å²) < 4.78 is 26.6. The zero-order valence-electron chi connectivity index (χ0n) is 15.4. The van der Waals surface area contributed by atoms with Gasteiger partial charge in [-0.2, -0.15) is 0 Å². The van der Waals surface area contributed by atoms with Gasteiger partial charge in [-0.25, -0.2) is 18.1 Å². The summed E-state index contributed by atoms with van der Waals surface area (Å²) in [5.41, 5.74) is 3.38. The highest BCUT2D eigenvalue weighted by atomic mass is 32.2. The maximum atomic E-state index is 13.2. The summed E-state index contributed by atoms with van der Waals surface area (Å²) in [4.78, 5) is 17.9. The van der Waals surface area contributed by atoms with Crippen LogP contribution in [-0.2, 0) is 10.0 Å². The molecule has 0 saturated carbocycles. The Hall–Kier alpha value is -2.16. The first-order valence-electron chi connectivity index (χ1n) is 8.44. The molecule has 1 heterocycles. The van der Waals surface area contributed by atoms with E-state index in [0.29, 0.717) is 21.8 Å². The summed E-state index contributed by atoms with van der Waals surface area (Å²) >= 11 is 1.35. The van der Waals surface area contributed by atoms with E-state index in [-0.39, 0.29) is 12.1 Å². The summed E-state index contributed by atoms with van der Waals surface area (Å²) in [5.74, 6) is 0.461. The van der Waals surface area contributed by atoms with Crippen LogP contribution in [0.25, 0.3) is 16.6 Å². The standard InChI is InChI=1S/C19H21N3O3S2/c1-13-7-6-10-17(14(13)2)22-18(23)15-8-4-5-9-16(15)21-19(22)26-12-11-20-27(3,24)25/h4-10,20H,11-12H2,1-3H3. The van der Waals surface area contributed by atoms with Crippen LogP contribution in [0.4, 0.5) is 0 Å². The first-order valence-corrected chi connectivity index (χ1v) is 11.3. The van der Waals surface area contributed by atoms with Crippen molar-refractivity contribution in [3.8, 4) is 5.69 Å². The second kappa shape index (κ2) is 7.84. The normalized spacial score (nSPS) is 11.8. The quantitative estimate of drug-likeness (QED) is 0.389. The molecule has 6 nitrogen and oxygen atoms in total. The number of fused-ring (bicyclic) bond motifs is 1. The lowest BCUT2D eigenvalue weighted by atomic mass is 10.1. The smallest absolute Gasteiger partial charge is 0.266 e. The molecule has 142 valence electrons. The number of nitrogens with one attached hydrogen (secondary N) is 1. The van der Waals surface area contributed by atoms with Gasteiger partial charge >= 0.3 is 0 Å². The third-order valence-electron chi connectivity index (χ3n) is 4.26. The molecule has 2 aromatic carbocycles. The zero-order valence-corrected chi connectivity index (χ0v) is 17.0. The molecule has 0 aliphatic rings. The van der Waals surface area contributed by atoms with E-state index in [1.54, 1.807) is 10.6 Å².